The molecule has 3 heteroatoms. The molecule has 19 heavy (non-hydrogen) atoms. The van der Waals surface area contributed by atoms with E-state index in [0.717, 1.165) is 33.4 Å². The van der Waals surface area contributed by atoms with Gasteiger partial charge in [0.2, 0.25) is 0 Å². The van der Waals surface area contributed by atoms with Crippen molar-refractivity contribution in [1.82, 2.24) is 4.98 Å². The van der Waals surface area contributed by atoms with Gasteiger partial charge in [-0.3, -0.25) is 4.98 Å². The monoisotopic (exact) mass is 252 g/mol. The van der Waals surface area contributed by atoms with Crippen molar-refractivity contribution in [2.45, 2.75) is 19.9 Å². The van der Waals surface area contributed by atoms with Gasteiger partial charge in [-0.1, -0.05) is 18.2 Å². The summed E-state index contributed by atoms with van der Waals surface area (Å²) >= 11 is 0. The van der Waals surface area contributed by atoms with E-state index in [1.54, 1.807) is 12.4 Å². The van der Waals surface area contributed by atoms with Crippen LogP contribution in [0.2, 0.25) is 0 Å². The predicted octanol–water partition coefficient (Wildman–Crippen LogP) is 3.49. The average Bonchev–Trinajstić information content (AvgIpc) is 2.84. The third-order valence-corrected chi connectivity index (χ3v) is 3.48. The van der Waals surface area contributed by atoms with Crippen molar-refractivity contribution in [3.63, 3.8) is 0 Å². The van der Waals surface area contributed by atoms with E-state index in [9.17, 15) is 0 Å². The number of aryl methyl sites for hydroxylation is 2. The van der Waals surface area contributed by atoms with Crippen molar-refractivity contribution in [3.8, 4) is 0 Å². The Morgan fingerprint density at radius 3 is 2.74 bits per heavy atom. The molecule has 3 nitrogen and oxygen atoms in total. The number of para-hydroxylation sites is 1. The van der Waals surface area contributed by atoms with E-state index >= 15 is 0 Å². The van der Waals surface area contributed by atoms with Gasteiger partial charge in [0, 0.05) is 17.8 Å². The molecule has 1 atom stereocenters. The maximum Gasteiger partial charge on any atom is 0.137 e. The molecule has 2 heterocycles. The maximum absolute atomic E-state index is 6.30. The van der Waals surface area contributed by atoms with Crippen LogP contribution in [0.25, 0.3) is 11.0 Å². The standard InChI is InChI=1S/C16H16N2O/c1-10-6-7-18-9-13(10)15(17)14-8-12-5-3-4-11(2)16(12)19-14/h3-9,15H,17H2,1-2H3. The number of nitrogens with two attached hydrogens (primary N) is 1. The average molecular weight is 252 g/mol. The molecule has 0 saturated carbocycles. The highest BCUT2D eigenvalue weighted by molar-refractivity contribution is 5.81. The van der Waals surface area contributed by atoms with E-state index in [1.165, 1.54) is 0 Å². The van der Waals surface area contributed by atoms with Gasteiger partial charge in [-0.15, -0.1) is 0 Å². The minimum absolute atomic E-state index is 0.277. The van der Waals surface area contributed by atoms with E-state index in [0.29, 0.717) is 0 Å². The zero-order valence-electron chi connectivity index (χ0n) is 11.1. The number of aromatic nitrogens is 1. The second kappa shape index (κ2) is 4.52. The molecule has 96 valence electrons. The first-order chi connectivity index (χ1) is 9.16. The number of pyridine rings is 1. The summed E-state index contributed by atoms with van der Waals surface area (Å²) in [5.41, 5.74) is 10.5. The van der Waals surface area contributed by atoms with Gasteiger partial charge in [-0.2, -0.15) is 0 Å². The lowest BCUT2D eigenvalue weighted by Gasteiger charge is -2.11. The Hall–Kier alpha value is -2.13. The molecule has 0 saturated heterocycles. The molecule has 2 N–H and O–H groups in total. The number of furan rings is 1. The first-order valence-electron chi connectivity index (χ1n) is 6.32. The molecule has 0 spiro atoms. The summed E-state index contributed by atoms with van der Waals surface area (Å²) in [6, 6.07) is 9.80. The molecule has 0 aliphatic heterocycles. The van der Waals surface area contributed by atoms with Crippen LogP contribution in [-0.2, 0) is 0 Å². The fourth-order valence-electron chi connectivity index (χ4n) is 2.34. The molecule has 1 aromatic carbocycles. The minimum atomic E-state index is -0.277. The number of benzene rings is 1. The van der Waals surface area contributed by atoms with Crippen LogP contribution in [-0.4, -0.2) is 4.98 Å². The van der Waals surface area contributed by atoms with Crippen LogP contribution in [0.1, 0.15) is 28.5 Å². The molecule has 3 rings (SSSR count). The molecule has 0 aliphatic rings. The second-order valence-corrected chi connectivity index (χ2v) is 4.85. The molecule has 0 amide bonds. The third-order valence-electron chi connectivity index (χ3n) is 3.48. The van der Waals surface area contributed by atoms with E-state index in [1.807, 2.05) is 44.2 Å². The van der Waals surface area contributed by atoms with Gasteiger partial charge in [-0.25, -0.2) is 0 Å². The fourth-order valence-corrected chi connectivity index (χ4v) is 2.34. The van der Waals surface area contributed by atoms with Crippen molar-refractivity contribution < 1.29 is 4.42 Å². The largest absolute Gasteiger partial charge is 0.459 e. The smallest absolute Gasteiger partial charge is 0.137 e. The molecule has 3 aromatic rings. The Morgan fingerprint density at radius 1 is 1.16 bits per heavy atom. The molecule has 0 fully saturated rings. The molecule has 0 bridgehead atoms. The summed E-state index contributed by atoms with van der Waals surface area (Å²) in [6.07, 6.45) is 3.58. The van der Waals surface area contributed by atoms with Gasteiger partial charge in [0.15, 0.2) is 0 Å². The molecule has 1 unspecified atom stereocenters. The Balaban J connectivity index is 2.10. The Labute approximate surface area is 112 Å². The van der Waals surface area contributed by atoms with Crippen LogP contribution in [0.4, 0.5) is 0 Å². The molecule has 0 radical (unpaired) electrons. The summed E-state index contributed by atoms with van der Waals surface area (Å²) in [6.45, 7) is 4.07. The Morgan fingerprint density at radius 2 is 2.00 bits per heavy atom. The molecular formula is C16H16N2O. The van der Waals surface area contributed by atoms with E-state index in [-0.39, 0.29) is 6.04 Å². The van der Waals surface area contributed by atoms with Crippen LogP contribution in [0.3, 0.4) is 0 Å². The first kappa shape index (κ1) is 11.9. The predicted molar refractivity (Wildman–Crippen MR) is 76.0 cm³/mol. The van der Waals surface area contributed by atoms with Crippen molar-refractivity contribution >= 4 is 11.0 Å². The van der Waals surface area contributed by atoms with Gasteiger partial charge in [0.25, 0.3) is 0 Å². The number of hydrogen-bond donors (Lipinski definition) is 1. The van der Waals surface area contributed by atoms with Crippen LogP contribution >= 0.6 is 0 Å². The first-order valence-corrected chi connectivity index (χ1v) is 6.32. The highest BCUT2D eigenvalue weighted by Gasteiger charge is 2.16. The van der Waals surface area contributed by atoms with Gasteiger partial charge in [0.1, 0.15) is 11.3 Å². The topological polar surface area (TPSA) is 52.0 Å². The van der Waals surface area contributed by atoms with Gasteiger partial charge in [-0.05, 0) is 42.7 Å². The highest BCUT2D eigenvalue weighted by Crippen LogP contribution is 2.29. The molecular weight excluding hydrogens is 236 g/mol. The fraction of sp³-hybridized carbons (Fsp3) is 0.188. The lowest BCUT2D eigenvalue weighted by Crippen LogP contribution is -2.12. The SMILES string of the molecule is Cc1ccncc1C(N)c1cc2cccc(C)c2o1. The third kappa shape index (κ3) is 2.02. The van der Waals surface area contributed by atoms with Crippen molar-refractivity contribution in [2.24, 2.45) is 5.73 Å². The number of hydrogen-bond acceptors (Lipinski definition) is 3. The van der Waals surface area contributed by atoms with Crippen molar-refractivity contribution in [3.05, 3.63) is 65.2 Å². The second-order valence-electron chi connectivity index (χ2n) is 4.85. The molecule has 2 aromatic heterocycles. The van der Waals surface area contributed by atoms with Gasteiger partial charge in [0.05, 0.1) is 6.04 Å². The molecule has 0 aliphatic carbocycles. The highest BCUT2D eigenvalue weighted by atomic mass is 16.3. The number of nitrogens with zero attached hydrogens (tertiary/aromatic N) is 1. The quantitative estimate of drug-likeness (QED) is 0.759. The van der Waals surface area contributed by atoms with Crippen LogP contribution in [0, 0.1) is 13.8 Å². The van der Waals surface area contributed by atoms with Crippen LogP contribution < -0.4 is 5.73 Å². The zero-order chi connectivity index (χ0) is 13.4. The van der Waals surface area contributed by atoms with Crippen molar-refractivity contribution in [1.29, 1.82) is 0 Å². The minimum Gasteiger partial charge on any atom is -0.459 e. The maximum atomic E-state index is 6.30. The Kier molecular flexibility index (Phi) is 2.84. The van der Waals surface area contributed by atoms with Gasteiger partial charge >= 0.3 is 0 Å². The van der Waals surface area contributed by atoms with E-state index < -0.39 is 0 Å². The summed E-state index contributed by atoms with van der Waals surface area (Å²) in [5, 5.41) is 1.09. The van der Waals surface area contributed by atoms with E-state index in [4.69, 9.17) is 10.2 Å². The Bertz CT molecular complexity index is 730. The summed E-state index contributed by atoms with van der Waals surface area (Å²) in [7, 11) is 0. The lowest BCUT2D eigenvalue weighted by molar-refractivity contribution is 0.522. The number of rotatable bonds is 2. The van der Waals surface area contributed by atoms with Crippen molar-refractivity contribution in [2.75, 3.05) is 0 Å². The van der Waals surface area contributed by atoms with Crippen LogP contribution in [0.15, 0.2) is 47.1 Å². The zero-order valence-corrected chi connectivity index (χ0v) is 11.1. The summed E-state index contributed by atoms with van der Waals surface area (Å²) < 4.78 is 5.92. The van der Waals surface area contributed by atoms with Gasteiger partial charge < -0.3 is 10.2 Å². The van der Waals surface area contributed by atoms with E-state index in [2.05, 4.69) is 4.98 Å². The summed E-state index contributed by atoms with van der Waals surface area (Å²) in [5.74, 6) is 0.778. The normalized spacial score (nSPS) is 12.8. The summed E-state index contributed by atoms with van der Waals surface area (Å²) in [4.78, 5) is 4.14. The number of fused-ring (bicyclic) bond motifs is 1. The van der Waals surface area contributed by atoms with Crippen LogP contribution in [0.5, 0.6) is 0 Å². The lowest BCUT2D eigenvalue weighted by atomic mass is 10.0.